The number of fused-ring (bicyclic) bond motifs is 1. The van der Waals surface area contributed by atoms with Crippen molar-refractivity contribution in [2.24, 2.45) is 5.92 Å². The first-order valence-corrected chi connectivity index (χ1v) is 5.58. The quantitative estimate of drug-likeness (QED) is 0.732. The minimum Gasteiger partial charge on any atom is -0.439 e. The van der Waals surface area contributed by atoms with Gasteiger partial charge < -0.3 is 9.73 Å². The summed E-state index contributed by atoms with van der Waals surface area (Å²) in [4.78, 5) is 16.2. The van der Waals surface area contributed by atoms with Crippen LogP contribution < -0.4 is 5.32 Å². The Morgan fingerprint density at radius 3 is 3.13 bits per heavy atom. The van der Waals surface area contributed by atoms with E-state index in [9.17, 15) is 4.79 Å². The van der Waals surface area contributed by atoms with E-state index in [1.165, 1.54) is 0 Å². The average Bonchev–Trinajstić information content (AvgIpc) is 2.92. The van der Waals surface area contributed by atoms with Gasteiger partial charge in [0.15, 0.2) is 0 Å². The molecule has 4 heteroatoms. The van der Waals surface area contributed by atoms with Crippen molar-refractivity contribution in [2.45, 2.75) is 25.7 Å². The Hall–Kier alpha value is -1.16. The van der Waals surface area contributed by atoms with E-state index >= 15 is 0 Å². The van der Waals surface area contributed by atoms with Crippen molar-refractivity contribution >= 4 is 5.78 Å². The zero-order chi connectivity index (χ0) is 10.3. The van der Waals surface area contributed by atoms with Gasteiger partial charge in [-0.15, -0.1) is 0 Å². The Balaban J connectivity index is 1.83. The molecule has 4 nitrogen and oxygen atoms in total. The van der Waals surface area contributed by atoms with Gasteiger partial charge in [0.25, 0.3) is 5.89 Å². The van der Waals surface area contributed by atoms with Gasteiger partial charge in [0.2, 0.25) is 5.78 Å². The molecule has 0 saturated carbocycles. The second-order valence-corrected chi connectivity index (χ2v) is 4.30. The number of nitrogens with zero attached hydrogens (tertiary/aromatic N) is 1. The van der Waals surface area contributed by atoms with Crippen LogP contribution in [0.5, 0.6) is 0 Å². The zero-order valence-electron chi connectivity index (χ0n) is 8.58. The molecule has 0 spiro atoms. The van der Waals surface area contributed by atoms with Crippen molar-refractivity contribution in [1.82, 2.24) is 10.3 Å². The smallest absolute Gasteiger partial charge is 0.263 e. The molecular formula is C11H14N2O2. The maximum absolute atomic E-state index is 12.0. The number of Topliss-reactive ketones (excluding diaryl/α,β-unsaturated/α-hetero) is 1. The summed E-state index contributed by atoms with van der Waals surface area (Å²) in [5.41, 5.74) is 1.00. The van der Waals surface area contributed by atoms with E-state index in [0.29, 0.717) is 5.89 Å². The first kappa shape index (κ1) is 9.09. The van der Waals surface area contributed by atoms with E-state index in [2.05, 4.69) is 10.3 Å². The molecule has 0 radical (unpaired) electrons. The van der Waals surface area contributed by atoms with E-state index in [1.807, 2.05) is 0 Å². The van der Waals surface area contributed by atoms with Crippen LogP contribution in [0.2, 0.25) is 0 Å². The summed E-state index contributed by atoms with van der Waals surface area (Å²) in [5, 5.41) is 3.18. The molecule has 15 heavy (non-hydrogen) atoms. The lowest BCUT2D eigenvalue weighted by molar-refractivity contribution is 0.0893. The summed E-state index contributed by atoms with van der Waals surface area (Å²) < 4.78 is 5.51. The van der Waals surface area contributed by atoms with E-state index in [-0.39, 0.29) is 11.7 Å². The van der Waals surface area contributed by atoms with Crippen LogP contribution in [0.1, 0.15) is 35.0 Å². The van der Waals surface area contributed by atoms with Crippen molar-refractivity contribution < 1.29 is 9.21 Å². The number of aryl methyl sites for hydroxylation is 2. The summed E-state index contributed by atoms with van der Waals surface area (Å²) >= 11 is 0. The molecule has 1 saturated heterocycles. The lowest BCUT2D eigenvalue weighted by Crippen LogP contribution is -2.18. The highest BCUT2D eigenvalue weighted by molar-refractivity contribution is 5.94. The van der Waals surface area contributed by atoms with Crippen molar-refractivity contribution in [3.8, 4) is 0 Å². The molecule has 0 bridgehead atoms. The van der Waals surface area contributed by atoms with Gasteiger partial charge in [-0.05, 0) is 25.8 Å². The molecule has 1 aromatic rings. The molecule has 1 unspecified atom stereocenters. The van der Waals surface area contributed by atoms with Gasteiger partial charge in [-0.3, -0.25) is 4.79 Å². The highest BCUT2D eigenvalue weighted by Crippen LogP contribution is 2.24. The molecule has 1 N–H and O–H groups in total. The van der Waals surface area contributed by atoms with Crippen LogP contribution in [0.4, 0.5) is 0 Å². The summed E-state index contributed by atoms with van der Waals surface area (Å²) in [5.74, 6) is 1.43. The van der Waals surface area contributed by atoms with Crippen molar-refractivity contribution in [3.05, 3.63) is 17.3 Å². The van der Waals surface area contributed by atoms with Crippen LogP contribution in [0, 0.1) is 5.92 Å². The molecule has 2 aliphatic rings. The number of aromatic nitrogens is 1. The lowest BCUT2D eigenvalue weighted by atomic mass is 10.0. The topological polar surface area (TPSA) is 55.1 Å². The Morgan fingerprint density at radius 2 is 2.40 bits per heavy atom. The molecule has 0 aromatic carbocycles. The monoisotopic (exact) mass is 206 g/mol. The first-order valence-electron chi connectivity index (χ1n) is 5.58. The molecule has 1 atom stereocenters. The minimum absolute atomic E-state index is 0.0729. The number of hydrogen-bond donors (Lipinski definition) is 1. The summed E-state index contributed by atoms with van der Waals surface area (Å²) in [6.45, 7) is 1.70. The van der Waals surface area contributed by atoms with Gasteiger partial charge in [0, 0.05) is 18.9 Å². The predicted molar refractivity (Wildman–Crippen MR) is 53.8 cm³/mol. The molecule has 0 amide bonds. The Morgan fingerprint density at radius 1 is 1.47 bits per heavy atom. The van der Waals surface area contributed by atoms with Crippen molar-refractivity contribution in [3.63, 3.8) is 0 Å². The number of carbonyl (C=O) groups excluding carboxylic acids is 1. The summed E-state index contributed by atoms with van der Waals surface area (Å²) in [6, 6.07) is 0. The molecule has 2 heterocycles. The van der Waals surface area contributed by atoms with Gasteiger partial charge in [-0.25, -0.2) is 4.98 Å². The van der Waals surface area contributed by atoms with Gasteiger partial charge in [0.05, 0.1) is 5.69 Å². The van der Waals surface area contributed by atoms with Crippen molar-refractivity contribution in [2.75, 3.05) is 13.1 Å². The number of ketones is 1. The minimum atomic E-state index is 0.0729. The second-order valence-electron chi connectivity index (χ2n) is 4.30. The zero-order valence-corrected chi connectivity index (χ0v) is 8.58. The summed E-state index contributed by atoms with van der Waals surface area (Å²) in [7, 11) is 0. The van der Waals surface area contributed by atoms with E-state index in [0.717, 1.165) is 50.2 Å². The molecule has 1 aliphatic heterocycles. The summed E-state index contributed by atoms with van der Waals surface area (Å²) in [6.07, 6.45) is 3.93. The fraction of sp³-hybridized carbons (Fsp3) is 0.636. The van der Waals surface area contributed by atoms with Gasteiger partial charge in [-0.1, -0.05) is 0 Å². The lowest BCUT2D eigenvalue weighted by Gasteiger charge is -2.02. The molecule has 3 rings (SSSR count). The van der Waals surface area contributed by atoms with E-state index in [4.69, 9.17) is 4.42 Å². The van der Waals surface area contributed by atoms with Gasteiger partial charge in [0.1, 0.15) is 5.76 Å². The van der Waals surface area contributed by atoms with Gasteiger partial charge in [-0.2, -0.15) is 0 Å². The second kappa shape index (κ2) is 3.45. The molecule has 1 fully saturated rings. The van der Waals surface area contributed by atoms with Crippen LogP contribution >= 0.6 is 0 Å². The number of carbonyl (C=O) groups is 1. The Labute approximate surface area is 88.1 Å². The molecule has 80 valence electrons. The highest BCUT2D eigenvalue weighted by atomic mass is 16.4. The maximum Gasteiger partial charge on any atom is 0.263 e. The SMILES string of the molecule is O=C(c1nc2c(o1)CCC2)C1CCNC1. The van der Waals surface area contributed by atoms with Crippen LogP contribution in [0.3, 0.4) is 0 Å². The van der Waals surface area contributed by atoms with Gasteiger partial charge >= 0.3 is 0 Å². The third kappa shape index (κ3) is 1.49. The maximum atomic E-state index is 12.0. The number of rotatable bonds is 2. The average molecular weight is 206 g/mol. The number of oxazole rings is 1. The molecule has 1 aliphatic carbocycles. The van der Waals surface area contributed by atoms with Crippen LogP contribution in [-0.4, -0.2) is 23.9 Å². The van der Waals surface area contributed by atoms with Crippen LogP contribution in [-0.2, 0) is 12.8 Å². The Bertz CT molecular complexity index is 370. The van der Waals surface area contributed by atoms with E-state index < -0.39 is 0 Å². The highest BCUT2D eigenvalue weighted by Gasteiger charge is 2.29. The van der Waals surface area contributed by atoms with Crippen LogP contribution in [0.25, 0.3) is 0 Å². The third-order valence-electron chi connectivity index (χ3n) is 3.24. The van der Waals surface area contributed by atoms with Crippen LogP contribution in [0.15, 0.2) is 4.42 Å². The molecular weight excluding hydrogens is 192 g/mol. The Kier molecular flexibility index (Phi) is 2.09. The predicted octanol–water partition coefficient (Wildman–Crippen LogP) is 0.956. The standard InChI is InChI=1S/C11H14N2O2/c14-10(7-4-5-12-6-7)11-13-8-2-1-3-9(8)15-11/h7,12H,1-6H2. The third-order valence-corrected chi connectivity index (χ3v) is 3.24. The number of hydrogen-bond acceptors (Lipinski definition) is 4. The normalized spacial score (nSPS) is 24.4. The fourth-order valence-corrected chi connectivity index (χ4v) is 2.35. The number of nitrogens with one attached hydrogen (secondary N) is 1. The fourth-order valence-electron chi connectivity index (χ4n) is 2.35. The van der Waals surface area contributed by atoms with E-state index in [1.54, 1.807) is 0 Å². The first-order chi connectivity index (χ1) is 7.34. The van der Waals surface area contributed by atoms with Crippen molar-refractivity contribution in [1.29, 1.82) is 0 Å². The largest absolute Gasteiger partial charge is 0.439 e. The molecule has 1 aromatic heterocycles.